The molecule has 3 amide bonds. The third-order valence-electron chi connectivity index (χ3n) is 5.37. The number of likely N-dealkylation sites (tertiary alicyclic amines) is 1. The zero-order valence-corrected chi connectivity index (χ0v) is 15.9. The van der Waals surface area contributed by atoms with Crippen molar-refractivity contribution in [3.8, 4) is 0 Å². The maximum atomic E-state index is 13.1. The van der Waals surface area contributed by atoms with Crippen LogP contribution in [0.5, 0.6) is 0 Å². The van der Waals surface area contributed by atoms with E-state index >= 15 is 0 Å². The molecule has 0 aromatic heterocycles. The maximum absolute atomic E-state index is 13.1. The molecule has 0 aromatic rings. The fraction of sp³-hybridized carbons (Fsp3) is 0.833. The minimum Gasteiger partial charge on any atom is -0.453 e. The SMILES string of the molecule is COC(=O)NC(C(=O)N1CCC2CCC(NC(=O)C(C)C)C21)C(C)C. The molecule has 1 aliphatic heterocycles. The third kappa shape index (κ3) is 4.25. The largest absolute Gasteiger partial charge is 0.453 e. The Morgan fingerprint density at radius 3 is 2.32 bits per heavy atom. The molecule has 4 atom stereocenters. The van der Waals surface area contributed by atoms with E-state index in [9.17, 15) is 14.4 Å². The highest BCUT2D eigenvalue weighted by Crippen LogP contribution is 2.38. The predicted octanol–water partition coefficient (Wildman–Crippen LogP) is 1.52. The van der Waals surface area contributed by atoms with E-state index in [1.165, 1.54) is 7.11 Å². The van der Waals surface area contributed by atoms with Crippen LogP contribution in [0.3, 0.4) is 0 Å². The summed E-state index contributed by atoms with van der Waals surface area (Å²) in [7, 11) is 1.29. The predicted molar refractivity (Wildman–Crippen MR) is 93.8 cm³/mol. The van der Waals surface area contributed by atoms with E-state index in [4.69, 9.17) is 0 Å². The van der Waals surface area contributed by atoms with Gasteiger partial charge in [0.1, 0.15) is 6.04 Å². The molecule has 1 heterocycles. The van der Waals surface area contributed by atoms with Crippen molar-refractivity contribution in [3.63, 3.8) is 0 Å². The van der Waals surface area contributed by atoms with Crippen LogP contribution in [0.15, 0.2) is 0 Å². The van der Waals surface area contributed by atoms with Crippen molar-refractivity contribution in [1.29, 1.82) is 0 Å². The summed E-state index contributed by atoms with van der Waals surface area (Å²) >= 11 is 0. The van der Waals surface area contributed by atoms with Crippen LogP contribution in [0.2, 0.25) is 0 Å². The van der Waals surface area contributed by atoms with Crippen molar-refractivity contribution in [3.05, 3.63) is 0 Å². The van der Waals surface area contributed by atoms with E-state index in [-0.39, 0.29) is 35.7 Å². The number of carbonyl (C=O) groups excluding carboxylic acids is 3. The maximum Gasteiger partial charge on any atom is 0.407 e. The molecule has 1 aliphatic carbocycles. The summed E-state index contributed by atoms with van der Waals surface area (Å²) in [6.45, 7) is 8.22. The standard InChI is InChI=1S/C18H31N3O4/c1-10(2)14(20-18(24)25-5)17(23)21-9-8-12-6-7-13(15(12)21)19-16(22)11(3)4/h10-15H,6-9H2,1-5H3,(H,19,22)(H,20,24). The lowest BCUT2D eigenvalue weighted by Gasteiger charge is -2.34. The van der Waals surface area contributed by atoms with Crippen molar-refractivity contribution in [2.75, 3.05) is 13.7 Å². The number of nitrogens with zero attached hydrogens (tertiary/aromatic N) is 1. The number of hydrogen-bond acceptors (Lipinski definition) is 4. The molecule has 7 heteroatoms. The van der Waals surface area contributed by atoms with Crippen LogP contribution >= 0.6 is 0 Å². The Morgan fingerprint density at radius 2 is 1.76 bits per heavy atom. The lowest BCUT2D eigenvalue weighted by molar-refractivity contribution is -0.136. The lowest BCUT2D eigenvalue weighted by Crippen LogP contribution is -2.56. The molecule has 2 N–H and O–H groups in total. The second kappa shape index (κ2) is 8.06. The summed E-state index contributed by atoms with van der Waals surface area (Å²) in [6, 6.07) is -0.596. The molecule has 4 unspecified atom stereocenters. The van der Waals surface area contributed by atoms with E-state index in [0.29, 0.717) is 12.5 Å². The zero-order valence-electron chi connectivity index (χ0n) is 15.9. The molecule has 2 rings (SSSR count). The molecule has 0 bridgehead atoms. The third-order valence-corrected chi connectivity index (χ3v) is 5.37. The van der Waals surface area contributed by atoms with Gasteiger partial charge in [-0.3, -0.25) is 9.59 Å². The molecule has 1 saturated heterocycles. The molecular weight excluding hydrogens is 322 g/mol. The summed E-state index contributed by atoms with van der Waals surface area (Å²) in [5.41, 5.74) is 0. The summed E-state index contributed by atoms with van der Waals surface area (Å²) in [6.07, 6.45) is 2.27. The molecule has 7 nitrogen and oxygen atoms in total. The molecule has 0 aromatic carbocycles. The van der Waals surface area contributed by atoms with Gasteiger partial charge >= 0.3 is 6.09 Å². The zero-order chi connectivity index (χ0) is 18.7. The quantitative estimate of drug-likeness (QED) is 0.784. The Hall–Kier alpha value is -1.79. The highest BCUT2D eigenvalue weighted by molar-refractivity contribution is 5.86. The van der Waals surface area contributed by atoms with Crippen molar-refractivity contribution >= 4 is 17.9 Å². The smallest absolute Gasteiger partial charge is 0.407 e. The Bertz CT molecular complexity index is 520. The minimum absolute atomic E-state index is 0.00251. The monoisotopic (exact) mass is 353 g/mol. The number of carbonyl (C=O) groups is 3. The number of hydrogen-bond donors (Lipinski definition) is 2. The molecule has 0 spiro atoms. The van der Waals surface area contributed by atoms with Gasteiger partial charge < -0.3 is 20.3 Å². The van der Waals surface area contributed by atoms with E-state index in [2.05, 4.69) is 15.4 Å². The van der Waals surface area contributed by atoms with Gasteiger partial charge in [-0.1, -0.05) is 27.7 Å². The fourth-order valence-electron chi connectivity index (χ4n) is 3.95. The summed E-state index contributed by atoms with van der Waals surface area (Å²) in [5, 5.41) is 5.77. The highest BCUT2D eigenvalue weighted by atomic mass is 16.5. The first-order valence-electron chi connectivity index (χ1n) is 9.21. The van der Waals surface area contributed by atoms with Gasteiger partial charge in [0.05, 0.1) is 13.2 Å². The van der Waals surface area contributed by atoms with Crippen LogP contribution in [-0.2, 0) is 14.3 Å². The molecule has 2 aliphatic rings. The molecule has 1 saturated carbocycles. The average molecular weight is 353 g/mol. The number of nitrogens with one attached hydrogen (secondary N) is 2. The van der Waals surface area contributed by atoms with E-state index in [0.717, 1.165) is 19.3 Å². The second-order valence-electron chi connectivity index (χ2n) is 7.78. The number of fused-ring (bicyclic) bond motifs is 1. The Kier molecular flexibility index (Phi) is 6.30. The first-order chi connectivity index (χ1) is 11.8. The Labute approximate surface area is 149 Å². The topological polar surface area (TPSA) is 87.7 Å². The van der Waals surface area contributed by atoms with Gasteiger partial charge in [0.25, 0.3) is 0 Å². The Balaban J connectivity index is 2.12. The van der Waals surface area contributed by atoms with Gasteiger partial charge in [0.15, 0.2) is 0 Å². The van der Waals surface area contributed by atoms with Crippen LogP contribution < -0.4 is 10.6 Å². The number of methoxy groups -OCH3 is 1. The average Bonchev–Trinajstić information content (AvgIpc) is 3.14. The van der Waals surface area contributed by atoms with Crippen molar-refractivity contribution in [1.82, 2.24) is 15.5 Å². The number of ether oxygens (including phenoxy) is 1. The van der Waals surface area contributed by atoms with Gasteiger partial charge in [-0.2, -0.15) is 0 Å². The fourth-order valence-corrected chi connectivity index (χ4v) is 3.95. The van der Waals surface area contributed by atoms with Gasteiger partial charge in [0, 0.05) is 18.5 Å². The van der Waals surface area contributed by atoms with Crippen LogP contribution in [0.1, 0.15) is 47.0 Å². The van der Waals surface area contributed by atoms with Crippen LogP contribution in [-0.4, -0.2) is 54.6 Å². The minimum atomic E-state index is -0.617. The summed E-state index contributed by atoms with van der Waals surface area (Å²) in [4.78, 5) is 38.7. The Morgan fingerprint density at radius 1 is 1.08 bits per heavy atom. The van der Waals surface area contributed by atoms with Crippen LogP contribution in [0, 0.1) is 17.8 Å². The first-order valence-corrected chi connectivity index (χ1v) is 9.21. The summed E-state index contributed by atoms with van der Waals surface area (Å²) in [5.74, 6) is 0.244. The van der Waals surface area contributed by atoms with E-state index < -0.39 is 12.1 Å². The van der Waals surface area contributed by atoms with Crippen molar-refractivity contribution in [2.24, 2.45) is 17.8 Å². The first kappa shape index (κ1) is 19.5. The van der Waals surface area contributed by atoms with Gasteiger partial charge in [-0.15, -0.1) is 0 Å². The highest BCUT2D eigenvalue weighted by Gasteiger charge is 2.48. The molecule has 2 fully saturated rings. The van der Waals surface area contributed by atoms with Crippen LogP contribution in [0.25, 0.3) is 0 Å². The van der Waals surface area contributed by atoms with Crippen molar-refractivity contribution in [2.45, 2.75) is 65.1 Å². The van der Waals surface area contributed by atoms with E-state index in [1.807, 2.05) is 32.6 Å². The van der Waals surface area contributed by atoms with Gasteiger partial charge in [0.2, 0.25) is 11.8 Å². The van der Waals surface area contributed by atoms with E-state index in [1.54, 1.807) is 0 Å². The summed E-state index contributed by atoms with van der Waals surface area (Å²) < 4.78 is 4.65. The molecule has 25 heavy (non-hydrogen) atoms. The number of alkyl carbamates (subject to hydrolysis) is 1. The van der Waals surface area contributed by atoms with Gasteiger partial charge in [-0.25, -0.2) is 4.79 Å². The lowest BCUT2D eigenvalue weighted by atomic mass is 10.00. The molecule has 0 radical (unpaired) electrons. The van der Waals surface area contributed by atoms with Crippen molar-refractivity contribution < 1.29 is 19.1 Å². The molecular formula is C18H31N3O4. The van der Waals surface area contributed by atoms with Crippen LogP contribution in [0.4, 0.5) is 4.79 Å². The number of amides is 3. The normalized spacial score (nSPS) is 26.5. The van der Waals surface area contributed by atoms with Gasteiger partial charge in [-0.05, 0) is 31.1 Å². The number of rotatable bonds is 5. The second-order valence-corrected chi connectivity index (χ2v) is 7.78. The molecule has 142 valence electrons.